The smallest absolute Gasteiger partial charge is 0.351 e. The van der Waals surface area contributed by atoms with Gasteiger partial charge in [0.25, 0.3) is 0 Å². The van der Waals surface area contributed by atoms with Crippen LogP contribution < -0.4 is 5.63 Å². The van der Waals surface area contributed by atoms with Crippen LogP contribution in [-0.4, -0.2) is 29.1 Å². The zero-order chi connectivity index (χ0) is 19.5. The van der Waals surface area contributed by atoms with Crippen LogP contribution in [0, 0.1) is 0 Å². The molecule has 0 bridgehead atoms. The monoisotopic (exact) mass is 375 g/mol. The van der Waals surface area contributed by atoms with Gasteiger partial charge in [0.1, 0.15) is 5.58 Å². The molecule has 0 saturated carbocycles. The molecule has 5 heteroatoms. The zero-order valence-electron chi connectivity index (χ0n) is 15.4. The molecule has 0 unspecified atom stereocenters. The number of carboxylic acids is 1. The first-order chi connectivity index (χ1) is 13.6. The van der Waals surface area contributed by atoms with Crippen molar-refractivity contribution in [2.75, 3.05) is 13.1 Å². The summed E-state index contributed by atoms with van der Waals surface area (Å²) in [6.45, 7) is 1.81. The molecule has 1 aromatic heterocycles. The summed E-state index contributed by atoms with van der Waals surface area (Å²) < 4.78 is 5.25. The Bertz CT molecular complexity index is 1090. The SMILES string of the molecule is O=C(O)c1c(C=C(c2ccccc2)N2CCCCC2)c2ccccc2oc1=O. The molecule has 1 saturated heterocycles. The Morgan fingerprint density at radius 2 is 1.64 bits per heavy atom. The van der Waals surface area contributed by atoms with Gasteiger partial charge in [-0.1, -0.05) is 48.5 Å². The molecule has 0 radical (unpaired) electrons. The van der Waals surface area contributed by atoms with Crippen molar-refractivity contribution in [1.82, 2.24) is 4.90 Å². The molecule has 5 nitrogen and oxygen atoms in total. The number of hydrogen-bond donors (Lipinski definition) is 1. The lowest BCUT2D eigenvalue weighted by Gasteiger charge is -2.31. The van der Waals surface area contributed by atoms with Gasteiger partial charge in [-0.3, -0.25) is 0 Å². The molecule has 2 heterocycles. The molecule has 4 rings (SSSR count). The third-order valence-electron chi connectivity index (χ3n) is 5.11. The van der Waals surface area contributed by atoms with Gasteiger partial charge in [-0.2, -0.15) is 0 Å². The fourth-order valence-electron chi connectivity index (χ4n) is 3.76. The van der Waals surface area contributed by atoms with Gasteiger partial charge in [0.15, 0.2) is 5.56 Å². The number of likely N-dealkylation sites (tertiary alicyclic amines) is 1. The number of rotatable bonds is 4. The summed E-state index contributed by atoms with van der Waals surface area (Å²) in [5, 5.41) is 10.3. The summed E-state index contributed by atoms with van der Waals surface area (Å²) in [5.41, 5.74) is 1.54. The lowest BCUT2D eigenvalue weighted by Crippen LogP contribution is -2.28. The van der Waals surface area contributed by atoms with Gasteiger partial charge in [0.2, 0.25) is 0 Å². The summed E-state index contributed by atoms with van der Waals surface area (Å²) in [7, 11) is 0. The van der Waals surface area contributed by atoms with Crippen LogP contribution in [0.4, 0.5) is 0 Å². The summed E-state index contributed by atoms with van der Waals surface area (Å²) in [6, 6.07) is 16.9. The van der Waals surface area contributed by atoms with Gasteiger partial charge in [-0.05, 0) is 37.0 Å². The number of benzene rings is 2. The Kier molecular flexibility index (Phi) is 4.98. The third kappa shape index (κ3) is 3.43. The average molecular weight is 375 g/mol. The fraction of sp³-hybridized carbons (Fsp3) is 0.217. The van der Waals surface area contributed by atoms with Crippen molar-refractivity contribution < 1.29 is 14.3 Å². The highest BCUT2D eigenvalue weighted by atomic mass is 16.4. The predicted molar refractivity (Wildman–Crippen MR) is 109 cm³/mol. The van der Waals surface area contributed by atoms with Crippen LogP contribution in [0.15, 0.2) is 63.8 Å². The molecular weight excluding hydrogens is 354 g/mol. The second-order valence-electron chi connectivity index (χ2n) is 6.92. The van der Waals surface area contributed by atoms with E-state index in [1.54, 1.807) is 18.2 Å². The first kappa shape index (κ1) is 18.0. The van der Waals surface area contributed by atoms with E-state index in [0.717, 1.165) is 37.2 Å². The summed E-state index contributed by atoms with van der Waals surface area (Å²) in [6.07, 6.45) is 5.21. The van der Waals surface area contributed by atoms with Gasteiger partial charge >= 0.3 is 11.6 Å². The Morgan fingerprint density at radius 1 is 0.964 bits per heavy atom. The Morgan fingerprint density at radius 3 is 2.36 bits per heavy atom. The molecule has 3 aromatic rings. The van der Waals surface area contributed by atoms with Crippen LogP contribution >= 0.6 is 0 Å². The summed E-state index contributed by atoms with van der Waals surface area (Å²) >= 11 is 0. The number of fused-ring (bicyclic) bond motifs is 1. The maximum absolute atomic E-state index is 12.4. The molecule has 1 aliphatic heterocycles. The molecule has 142 valence electrons. The van der Waals surface area contributed by atoms with E-state index in [0.29, 0.717) is 16.5 Å². The molecule has 1 N–H and O–H groups in total. The van der Waals surface area contributed by atoms with Crippen molar-refractivity contribution >= 4 is 28.7 Å². The van der Waals surface area contributed by atoms with Crippen LogP contribution in [0.25, 0.3) is 22.7 Å². The number of hydrogen-bond acceptors (Lipinski definition) is 4. The maximum Gasteiger partial charge on any atom is 0.351 e. The first-order valence-electron chi connectivity index (χ1n) is 9.46. The summed E-state index contributed by atoms with van der Waals surface area (Å²) in [5.74, 6) is -1.28. The molecular formula is C23H21NO4. The van der Waals surface area contributed by atoms with E-state index in [1.807, 2.05) is 42.5 Å². The molecule has 1 aliphatic rings. The molecule has 0 amide bonds. The highest BCUT2D eigenvalue weighted by Gasteiger charge is 2.22. The van der Waals surface area contributed by atoms with Gasteiger partial charge in [-0.25, -0.2) is 9.59 Å². The number of piperidine rings is 1. The standard InChI is InChI=1S/C23H21NO4/c25-22(26)21-18(17-11-5-6-12-20(17)28-23(21)27)15-19(16-9-3-1-4-10-16)24-13-7-2-8-14-24/h1,3-6,9-12,15H,2,7-8,13-14H2,(H,25,26). The number of nitrogens with zero attached hydrogens (tertiary/aromatic N) is 1. The lowest BCUT2D eigenvalue weighted by atomic mass is 9.99. The van der Waals surface area contributed by atoms with Crippen molar-refractivity contribution in [2.24, 2.45) is 0 Å². The van der Waals surface area contributed by atoms with Crippen LogP contribution in [0.3, 0.4) is 0 Å². The summed E-state index contributed by atoms with van der Waals surface area (Å²) in [4.78, 5) is 26.5. The van der Waals surface area contributed by atoms with E-state index >= 15 is 0 Å². The van der Waals surface area contributed by atoms with Gasteiger partial charge in [0, 0.05) is 29.7 Å². The number of carbonyl (C=O) groups is 1. The Hall–Kier alpha value is -3.34. The number of aromatic carboxylic acids is 1. The van der Waals surface area contributed by atoms with Crippen molar-refractivity contribution in [2.45, 2.75) is 19.3 Å². The van der Waals surface area contributed by atoms with Crippen LogP contribution in [-0.2, 0) is 0 Å². The van der Waals surface area contributed by atoms with E-state index in [-0.39, 0.29) is 5.56 Å². The van der Waals surface area contributed by atoms with Crippen LogP contribution in [0.5, 0.6) is 0 Å². The topological polar surface area (TPSA) is 70.8 Å². The largest absolute Gasteiger partial charge is 0.477 e. The lowest BCUT2D eigenvalue weighted by molar-refractivity contribution is 0.0692. The number of para-hydroxylation sites is 1. The minimum Gasteiger partial charge on any atom is -0.477 e. The minimum absolute atomic E-state index is 0.329. The molecule has 1 fully saturated rings. The highest BCUT2D eigenvalue weighted by molar-refractivity contribution is 6.02. The second-order valence-corrected chi connectivity index (χ2v) is 6.92. The predicted octanol–water partition coefficient (Wildman–Crippen LogP) is 4.48. The van der Waals surface area contributed by atoms with Crippen LogP contribution in [0.2, 0.25) is 0 Å². The normalized spacial score (nSPS) is 15.0. The highest BCUT2D eigenvalue weighted by Crippen LogP contribution is 2.29. The molecule has 0 spiro atoms. The van der Waals surface area contributed by atoms with Crippen molar-refractivity contribution in [3.8, 4) is 0 Å². The fourth-order valence-corrected chi connectivity index (χ4v) is 3.76. The second kappa shape index (κ2) is 7.72. The van der Waals surface area contributed by atoms with E-state index < -0.39 is 11.6 Å². The Balaban J connectivity index is 2.00. The van der Waals surface area contributed by atoms with Gasteiger partial charge in [-0.15, -0.1) is 0 Å². The van der Waals surface area contributed by atoms with E-state index in [4.69, 9.17) is 4.42 Å². The minimum atomic E-state index is -1.28. The first-order valence-corrected chi connectivity index (χ1v) is 9.46. The molecule has 0 atom stereocenters. The molecule has 0 aliphatic carbocycles. The van der Waals surface area contributed by atoms with E-state index in [1.165, 1.54) is 6.42 Å². The average Bonchev–Trinajstić information content (AvgIpc) is 2.72. The van der Waals surface area contributed by atoms with E-state index in [9.17, 15) is 14.7 Å². The number of carboxylic acid groups (broad SMARTS) is 1. The zero-order valence-corrected chi connectivity index (χ0v) is 15.4. The van der Waals surface area contributed by atoms with Crippen LogP contribution in [0.1, 0.15) is 40.7 Å². The van der Waals surface area contributed by atoms with Crippen molar-refractivity contribution in [1.29, 1.82) is 0 Å². The Labute approximate surface area is 162 Å². The maximum atomic E-state index is 12.4. The third-order valence-corrected chi connectivity index (χ3v) is 5.11. The quantitative estimate of drug-likeness (QED) is 0.681. The molecule has 28 heavy (non-hydrogen) atoms. The van der Waals surface area contributed by atoms with Crippen molar-refractivity contribution in [3.05, 3.63) is 81.7 Å². The molecule has 2 aromatic carbocycles. The van der Waals surface area contributed by atoms with E-state index in [2.05, 4.69) is 4.90 Å². The van der Waals surface area contributed by atoms with Gasteiger partial charge in [0.05, 0.1) is 0 Å². The van der Waals surface area contributed by atoms with Gasteiger partial charge < -0.3 is 14.4 Å². The van der Waals surface area contributed by atoms with Crippen molar-refractivity contribution in [3.63, 3.8) is 0 Å².